The third-order valence-corrected chi connectivity index (χ3v) is 5.22. The number of anilines is 1. The first-order valence-corrected chi connectivity index (χ1v) is 7.95. The molecule has 3 rings (SSSR count). The first-order chi connectivity index (χ1) is 10.1. The van der Waals surface area contributed by atoms with Crippen LogP contribution in [0.3, 0.4) is 0 Å². The van der Waals surface area contributed by atoms with Crippen LogP contribution in [-0.2, 0) is 5.75 Å². The van der Waals surface area contributed by atoms with E-state index in [0.29, 0.717) is 5.75 Å². The molecule has 0 bridgehead atoms. The lowest BCUT2D eigenvalue weighted by Gasteiger charge is -2.04. The number of nitro benzene ring substituents is 1. The maximum absolute atomic E-state index is 10.9. The minimum Gasteiger partial charge on any atom is -0.393 e. The number of fused-ring (bicyclic) bond motifs is 1. The minimum atomic E-state index is -0.457. The van der Waals surface area contributed by atoms with Gasteiger partial charge >= 0.3 is 0 Å². The van der Waals surface area contributed by atoms with Gasteiger partial charge in [0.2, 0.25) is 0 Å². The molecule has 0 unspecified atom stereocenters. The quantitative estimate of drug-likeness (QED) is 0.339. The molecule has 5 nitrogen and oxygen atoms in total. The van der Waals surface area contributed by atoms with E-state index in [-0.39, 0.29) is 11.4 Å². The number of rotatable bonds is 4. The predicted octanol–water partition coefficient (Wildman–Crippen LogP) is 4.08. The molecule has 2 aromatic carbocycles. The normalized spacial score (nSPS) is 10.9. The van der Waals surface area contributed by atoms with Gasteiger partial charge in [0.15, 0.2) is 4.34 Å². The van der Waals surface area contributed by atoms with Gasteiger partial charge in [0.1, 0.15) is 5.69 Å². The van der Waals surface area contributed by atoms with Crippen LogP contribution in [0.15, 0.2) is 46.8 Å². The standard InChI is InChI=1S/C14H11N3O2S2/c15-13-9(4-3-6-11(13)17(18)19)8-20-14-16-10-5-1-2-7-12(10)21-14/h1-7H,8,15H2. The topological polar surface area (TPSA) is 82.0 Å². The lowest BCUT2D eigenvalue weighted by molar-refractivity contribution is -0.383. The monoisotopic (exact) mass is 317 g/mol. The summed E-state index contributed by atoms with van der Waals surface area (Å²) in [7, 11) is 0. The summed E-state index contributed by atoms with van der Waals surface area (Å²) in [5.41, 5.74) is 7.77. The second-order valence-corrected chi connectivity index (χ2v) is 6.60. The summed E-state index contributed by atoms with van der Waals surface area (Å²) in [5, 5.41) is 10.9. The number of thiazole rings is 1. The Kier molecular flexibility index (Phi) is 3.76. The summed E-state index contributed by atoms with van der Waals surface area (Å²) >= 11 is 3.15. The summed E-state index contributed by atoms with van der Waals surface area (Å²) < 4.78 is 2.06. The summed E-state index contributed by atoms with van der Waals surface area (Å²) in [5.74, 6) is 0.563. The fraction of sp³-hybridized carbons (Fsp3) is 0.0714. The van der Waals surface area contributed by atoms with Crippen LogP contribution < -0.4 is 5.73 Å². The number of aromatic nitrogens is 1. The van der Waals surface area contributed by atoms with Gasteiger partial charge in [-0.15, -0.1) is 11.3 Å². The molecular weight excluding hydrogens is 306 g/mol. The number of nitrogens with two attached hydrogens (primary N) is 1. The van der Waals surface area contributed by atoms with Gasteiger partial charge in [-0.2, -0.15) is 0 Å². The van der Waals surface area contributed by atoms with Gasteiger partial charge in [-0.25, -0.2) is 4.98 Å². The highest BCUT2D eigenvalue weighted by Crippen LogP contribution is 2.34. The van der Waals surface area contributed by atoms with Crippen molar-refractivity contribution in [3.8, 4) is 0 Å². The van der Waals surface area contributed by atoms with Crippen molar-refractivity contribution in [3.05, 3.63) is 58.1 Å². The maximum atomic E-state index is 10.9. The van der Waals surface area contributed by atoms with Crippen molar-refractivity contribution in [1.29, 1.82) is 0 Å². The second kappa shape index (κ2) is 5.71. The molecule has 0 spiro atoms. The van der Waals surface area contributed by atoms with Crippen LogP contribution in [-0.4, -0.2) is 9.91 Å². The second-order valence-electron chi connectivity index (χ2n) is 4.34. The van der Waals surface area contributed by atoms with Crippen LogP contribution in [0.5, 0.6) is 0 Å². The van der Waals surface area contributed by atoms with Crippen LogP contribution in [0.2, 0.25) is 0 Å². The van der Waals surface area contributed by atoms with Crippen LogP contribution in [0.4, 0.5) is 11.4 Å². The SMILES string of the molecule is Nc1c(CSc2nc3ccccc3s2)cccc1[N+](=O)[O-]. The van der Waals surface area contributed by atoms with Crippen LogP contribution in [0.25, 0.3) is 10.2 Å². The summed E-state index contributed by atoms with van der Waals surface area (Å²) in [6.07, 6.45) is 0. The van der Waals surface area contributed by atoms with E-state index in [9.17, 15) is 10.1 Å². The molecule has 0 amide bonds. The molecule has 21 heavy (non-hydrogen) atoms. The molecule has 7 heteroatoms. The number of thioether (sulfide) groups is 1. The highest BCUT2D eigenvalue weighted by atomic mass is 32.2. The molecular formula is C14H11N3O2S2. The molecule has 106 valence electrons. The molecule has 0 aliphatic rings. The molecule has 0 fully saturated rings. The zero-order valence-corrected chi connectivity index (χ0v) is 12.5. The van der Waals surface area contributed by atoms with E-state index in [1.807, 2.05) is 30.3 Å². The Hall–Kier alpha value is -2.12. The third-order valence-electron chi connectivity index (χ3n) is 3.00. The Labute approximate surface area is 129 Å². The minimum absolute atomic E-state index is 0.0441. The van der Waals surface area contributed by atoms with E-state index in [1.54, 1.807) is 17.4 Å². The maximum Gasteiger partial charge on any atom is 0.292 e. The number of hydrogen-bond acceptors (Lipinski definition) is 6. The Morgan fingerprint density at radius 1 is 1.24 bits per heavy atom. The first-order valence-electron chi connectivity index (χ1n) is 6.15. The lowest BCUT2D eigenvalue weighted by atomic mass is 10.2. The molecule has 0 saturated heterocycles. The summed E-state index contributed by atoms with van der Waals surface area (Å²) in [4.78, 5) is 14.9. The first kappa shape index (κ1) is 13.8. The molecule has 1 aromatic heterocycles. The lowest BCUT2D eigenvalue weighted by Crippen LogP contribution is -1.99. The molecule has 3 aromatic rings. The zero-order chi connectivity index (χ0) is 14.8. The largest absolute Gasteiger partial charge is 0.393 e. The zero-order valence-electron chi connectivity index (χ0n) is 10.9. The van der Waals surface area contributed by atoms with Crippen molar-refractivity contribution in [2.24, 2.45) is 0 Å². The molecule has 2 N–H and O–H groups in total. The van der Waals surface area contributed by atoms with Crippen molar-refractivity contribution in [3.63, 3.8) is 0 Å². The number of para-hydroxylation sites is 2. The van der Waals surface area contributed by atoms with Gasteiger partial charge in [-0.3, -0.25) is 10.1 Å². The van der Waals surface area contributed by atoms with Crippen molar-refractivity contribution in [2.45, 2.75) is 10.1 Å². The Morgan fingerprint density at radius 2 is 2.05 bits per heavy atom. The predicted molar refractivity (Wildman–Crippen MR) is 86.7 cm³/mol. The summed E-state index contributed by atoms with van der Waals surface area (Å²) in [6, 6.07) is 12.8. The van der Waals surface area contributed by atoms with Gasteiger partial charge in [-0.1, -0.05) is 36.0 Å². The molecule has 0 saturated carbocycles. The number of nitrogen functional groups attached to an aromatic ring is 1. The van der Waals surface area contributed by atoms with E-state index in [0.717, 1.165) is 20.1 Å². The smallest absolute Gasteiger partial charge is 0.292 e. The van der Waals surface area contributed by atoms with Crippen LogP contribution in [0.1, 0.15) is 5.56 Å². The van der Waals surface area contributed by atoms with E-state index in [1.165, 1.54) is 17.8 Å². The van der Waals surface area contributed by atoms with E-state index < -0.39 is 4.92 Å². The number of benzene rings is 2. The van der Waals surface area contributed by atoms with E-state index >= 15 is 0 Å². The van der Waals surface area contributed by atoms with Crippen molar-refractivity contribution in [2.75, 3.05) is 5.73 Å². The highest BCUT2D eigenvalue weighted by Gasteiger charge is 2.14. The van der Waals surface area contributed by atoms with Gasteiger partial charge in [0.05, 0.1) is 15.1 Å². The van der Waals surface area contributed by atoms with Crippen molar-refractivity contribution < 1.29 is 4.92 Å². The Balaban J connectivity index is 1.81. The highest BCUT2D eigenvalue weighted by molar-refractivity contribution is 8.00. The molecule has 0 atom stereocenters. The molecule has 1 heterocycles. The van der Waals surface area contributed by atoms with Crippen LogP contribution >= 0.6 is 23.1 Å². The van der Waals surface area contributed by atoms with E-state index in [4.69, 9.17) is 5.73 Å². The number of nitro groups is 1. The fourth-order valence-electron chi connectivity index (χ4n) is 1.94. The Bertz CT molecular complexity index is 784. The van der Waals surface area contributed by atoms with Crippen molar-refractivity contribution in [1.82, 2.24) is 4.98 Å². The number of nitrogens with zero attached hydrogens (tertiary/aromatic N) is 2. The average molecular weight is 317 g/mol. The van der Waals surface area contributed by atoms with Gasteiger partial charge in [-0.05, 0) is 17.7 Å². The fourth-order valence-corrected chi connectivity index (χ4v) is 4.01. The Morgan fingerprint density at radius 3 is 2.81 bits per heavy atom. The third kappa shape index (κ3) is 2.84. The van der Waals surface area contributed by atoms with Gasteiger partial charge in [0.25, 0.3) is 5.69 Å². The average Bonchev–Trinajstić information content (AvgIpc) is 2.88. The van der Waals surface area contributed by atoms with E-state index in [2.05, 4.69) is 4.98 Å². The molecule has 0 aliphatic heterocycles. The number of hydrogen-bond donors (Lipinski definition) is 1. The molecule has 0 radical (unpaired) electrons. The summed E-state index contributed by atoms with van der Waals surface area (Å²) in [6.45, 7) is 0. The van der Waals surface area contributed by atoms with Gasteiger partial charge < -0.3 is 5.73 Å². The van der Waals surface area contributed by atoms with Crippen LogP contribution in [0, 0.1) is 10.1 Å². The van der Waals surface area contributed by atoms with Gasteiger partial charge in [0, 0.05) is 11.8 Å². The van der Waals surface area contributed by atoms with Crippen molar-refractivity contribution >= 4 is 44.7 Å². The molecule has 0 aliphatic carbocycles.